The Hall–Kier alpha value is -1.88. The third kappa shape index (κ3) is 3.96. The van der Waals surface area contributed by atoms with Crippen molar-refractivity contribution < 1.29 is 14.7 Å². The summed E-state index contributed by atoms with van der Waals surface area (Å²) in [5.74, 6) is -0.102. The van der Waals surface area contributed by atoms with E-state index in [4.69, 9.17) is 0 Å². The Kier molecular flexibility index (Phi) is 5.51. The molecule has 2 N–H and O–H groups in total. The molecule has 5 heteroatoms. The molecule has 2 amide bonds. The third-order valence-electron chi connectivity index (χ3n) is 5.13. The zero-order chi connectivity index (χ0) is 16.9. The Morgan fingerprint density at radius 2 is 1.71 bits per heavy atom. The molecule has 1 saturated heterocycles. The van der Waals surface area contributed by atoms with Gasteiger partial charge in [-0.3, -0.25) is 9.59 Å². The van der Waals surface area contributed by atoms with Gasteiger partial charge in [0.25, 0.3) is 5.91 Å². The maximum Gasteiger partial charge on any atom is 0.254 e. The van der Waals surface area contributed by atoms with Gasteiger partial charge < -0.3 is 15.3 Å². The molecule has 130 valence electrons. The number of aliphatic hydroxyl groups is 1. The fraction of sp³-hybridized carbons (Fsp3) is 0.579. The molecule has 1 heterocycles. The monoisotopic (exact) mass is 330 g/mol. The topological polar surface area (TPSA) is 69.6 Å². The van der Waals surface area contributed by atoms with E-state index in [1.165, 1.54) is 0 Å². The van der Waals surface area contributed by atoms with Crippen LogP contribution in [0.15, 0.2) is 30.3 Å². The molecule has 0 radical (unpaired) electrons. The summed E-state index contributed by atoms with van der Waals surface area (Å²) in [5, 5.41) is 12.7. The first-order valence-corrected chi connectivity index (χ1v) is 8.99. The molecule has 0 spiro atoms. The standard InChI is InChI=1S/C19H26N2O3/c22-16-11-9-15(10-12-16)20-18(23)17-8-4-5-13-21(17)19(24)14-6-2-1-3-7-14/h1-3,6-7,15-17,22H,4-5,8-13H2,(H,20,23). The molecule has 24 heavy (non-hydrogen) atoms. The second kappa shape index (κ2) is 7.79. The largest absolute Gasteiger partial charge is 0.393 e. The lowest BCUT2D eigenvalue weighted by atomic mass is 9.92. The van der Waals surface area contributed by atoms with E-state index < -0.39 is 0 Å². The van der Waals surface area contributed by atoms with Crippen LogP contribution in [0, 0.1) is 0 Å². The van der Waals surface area contributed by atoms with Crippen molar-refractivity contribution in [3.05, 3.63) is 35.9 Å². The minimum atomic E-state index is -0.377. The summed E-state index contributed by atoms with van der Waals surface area (Å²) in [7, 11) is 0. The van der Waals surface area contributed by atoms with Crippen molar-refractivity contribution in [1.82, 2.24) is 10.2 Å². The van der Waals surface area contributed by atoms with Gasteiger partial charge in [-0.1, -0.05) is 18.2 Å². The number of amides is 2. The van der Waals surface area contributed by atoms with Crippen LogP contribution in [0.5, 0.6) is 0 Å². The molecule has 1 aliphatic heterocycles. The molecule has 0 bridgehead atoms. The summed E-state index contributed by atoms with van der Waals surface area (Å²) in [4.78, 5) is 27.2. The van der Waals surface area contributed by atoms with E-state index >= 15 is 0 Å². The quantitative estimate of drug-likeness (QED) is 0.892. The fourth-order valence-corrected chi connectivity index (χ4v) is 3.71. The number of carbonyl (C=O) groups is 2. The zero-order valence-electron chi connectivity index (χ0n) is 14.0. The van der Waals surface area contributed by atoms with E-state index in [9.17, 15) is 14.7 Å². The summed E-state index contributed by atoms with van der Waals surface area (Å²) in [5.41, 5.74) is 0.637. The highest BCUT2D eigenvalue weighted by atomic mass is 16.3. The van der Waals surface area contributed by atoms with Crippen LogP contribution in [0.25, 0.3) is 0 Å². The number of likely N-dealkylation sites (tertiary alicyclic amines) is 1. The van der Waals surface area contributed by atoms with Gasteiger partial charge in [-0.2, -0.15) is 0 Å². The van der Waals surface area contributed by atoms with Crippen molar-refractivity contribution >= 4 is 11.8 Å². The van der Waals surface area contributed by atoms with Gasteiger partial charge in [0.2, 0.25) is 5.91 Å². The predicted molar refractivity (Wildman–Crippen MR) is 91.5 cm³/mol. The van der Waals surface area contributed by atoms with Crippen molar-refractivity contribution in [2.45, 2.75) is 63.1 Å². The Balaban J connectivity index is 1.65. The number of benzene rings is 1. The molecule has 3 rings (SSSR count). The van der Waals surface area contributed by atoms with Crippen LogP contribution in [0.2, 0.25) is 0 Å². The highest BCUT2D eigenvalue weighted by molar-refractivity contribution is 5.97. The van der Waals surface area contributed by atoms with Gasteiger partial charge in [0, 0.05) is 18.2 Å². The molecule has 1 aromatic rings. The second-order valence-electron chi connectivity index (χ2n) is 6.89. The van der Waals surface area contributed by atoms with E-state index in [1.807, 2.05) is 18.2 Å². The van der Waals surface area contributed by atoms with Crippen molar-refractivity contribution in [2.24, 2.45) is 0 Å². The predicted octanol–water partition coefficient (Wildman–Crippen LogP) is 2.10. The molecule has 2 aliphatic rings. The SMILES string of the molecule is O=C(NC1CCC(O)CC1)C1CCCCN1C(=O)c1ccccc1. The molecule has 1 unspecified atom stereocenters. The Labute approximate surface area is 143 Å². The Morgan fingerprint density at radius 1 is 1.00 bits per heavy atom. The summed E-state index contributed by atoms with van der Waals surface area (Å²) in [6.45, 7) is 0.634. The average Bonchev–Trinajstić information content (AvgIpc) is 2.63. The molecule has 1 atom stereocenters. The molecule has 0 aromatic heterocycles. The van der Waals surface area contributed by atoms with Gasteiger partial charge in [0.05, 0.1) is 6.10 Å². The van der Waals surface area contributed by atoms with Crippen LogP contribution < -0.4 is 5.32 Å². The molecule has 1 aromatic carbocycles. The van der Waals surface area contributed by atoms with E-state index in [2.05, 4.69) is 5.32 Å². The van der Waals surface area contributed by atoms with Gasteiger partial charge in [-0.15, -0.1) is 0 Å². The van der Waals surface area contributed by atoms with Gasteiger partial charge in [0.15, 0.2) is 0 Å². The molecule has 1 saturated carbocycles. The highest BCUT2D eigenvalue weighted by Crippen LogP contribution is 2.22. The third-order valence-corrected chi connectivity index (χ3v) is 5.13. The lowest BCUT2D eigenvalue weighted by molar-refractivity contribution is -0.127. The molecular formula is C19H26N2O3. The molecular weight excluding hydrogens is 304 g/mol. The normalized spacial score (nSPS) is 27.5. The first-order chi connectivity index (χ1) is 11.6. The van der Waals surface area contributed by atoms with E-state index in [-0.39, 0.29) is 30.0 Å². The first kappa shape index (κ1) is 17.0. The maximum absolute atomic E-state index is 12.8. The Bertz CT molecular complexity index is 567. The number of nitrogens with zero attached hydrogens (tertiary/aromatic N) is 1. The molecule has 2 fully saturated rings. The van der Waals surface area contributed by atoms with Crippen molar-refractivity contribution in [3.8, 4) is 0 Å². The lowest BCUT2D eigenvalue weighted by Gasteiger charge is -2.36. The van der Waals surface area contributed by atoms with Crippen molar-refractivity contribution in [1.29, 1.82) is 0 Å². The van der Waals surface area contributed by atoms with E-state index in [1.54, 1.807) is 17.0 Å². The molecule has 5 nitrogen and oxygen atoms in total. The number of nitrogens with one attached hydrogen (secondary N) is 1. The van der Waals surface area contributed by atoms with Crippen LogP contribution in [-0.2, 0) is 4.79 Å². The summed E-state index contributed by atoms with van der Waals surface area (Å²) < 4.78 is 0. The number of aliphatic hydroxyl groups excluding tert-OH is 1. The number of piperidine rings is 1. The van der Waals surface area contributed by atoms with Crippen molar-refractivity contribution in [3.63, 3.8) is 0 Å². The first-order valence-electron chi connectivity index (χ1n) is 8.99. The van der Waals surface area contributed by atoms with Crippen molar-refractivity contribution in [2.75, 3.05) is 6.54 Å². The van der Waals surface area contributed by atoms with E-state index in [0.29, 0.717) is 12.1 Å². The number of rotatable bonds is 3. The minimum absolute atomic E-state index is 0.0413. The smallest absolute Gasteiger partial charge is 0.254 e. The fourth-order valence-electron chi connectivity index (χ4n) is 3.71. The molecule has 1 aliphatic carbocycles. The average molecular weight is 330 g/mol. The zero-order valence-corrected chi connectivity index (χ0v) is 14.0. The number of carbonyl (C=O) groups excluding carboxylic acids is 2. The van der Waals surface area contributed by atoms with Crippen LogP contribution >= 0.6 is 0 Å². The van der Waals surface area contributed by atoms with Gasteiger partial charge in [-0.05, 0) is 57.1 Å². The summed E-state index contributed by atoms with van der Waals surface area (Å²) in [6.07, 6.45) is 5.50. The van der Waals surface area contributed by atoms with Gasteiger partial charge >= 0.3 is 0 Å². The van der Waals surface area contributed by atoms with Crippen LogP contribution in [-0.4, -0.2) is 46.6 Å². The Morgan fingerprint density at radius 3 is 2.42 bits per heavy atom. The summed E-state index contributed by atoms with van der Waals surface area (Å²) in [6, 6.07) is 8.92. The van der Waals surface area contributed by atoms with Gasteiger partial charge in [0.1, 0.15) is 6.04 Å². The number of hydrogen-bond donors (Lipinski definition) is 2. The van der Waals surface area contributed by atoms with Crippen LogP contribution in [0.3, 0.4) is 0 Å². The minimum Gasteiger partial charge on any atom is -0.393 e. The highest BCUT2D eigenvalue weighted by Gasteiger charge is 2.34. The maximum atomic E-state index is 12.8. The second-order valence-corrected chi connectivity index (χ2v) is 6.89. The van der Waals surface area contributed by atoms with E-state index in [0.717, 1.165) is 44.9 Å². The van der Waals surface area contributed by atoms with Crippen LogP contribution in [0.1, 0.15) is 55.3 Å². The number of hydrogen-bond acceptors (Lipinski definition) is 3. The summed E-state index contributed by atoms with van der Waals surface area (Å²) >= 11 is 0. The lowest BCUT2D eigenvalue weighted by Crippen LogP contribution is -2.54. The van der Waals surface area contributed by atoms with Gasteiger partial charge in [-0.25, -0.2) is 0 Å². The van der Waals surface area contributed by atoms with Crippen LogP contribution in [0.4, 0.5) is 0 Å².